The van der Waals surface area contributed by atoms with E-state index in [1.807, 2.05) is 70.2 Å². The molecule has 39 heteroatoms. The van der Waals surface area contributed by atoms with Gasteiger partial charge in [-0.1, -0.05) is 63.9 Å². The van der Waals surface area contributed by atoms with E-state index in [0.29, 0.717) is 151 Å². The molecule has 6 aliphatic rings. The fraction of sp³-hybridized carbons (Fsp3) is 0.364. The van der Waals surface area contributed by atoms with Gasteiger partial charge in [-0.05, 0) is 214 Å². The number of benzene rings is 7. The number of hydrogen-bond donors (Lipinski definition) is 5. The molecule has 2 radical (unpaired) electrons. The van der Waals surface area contributed by atoms with E-state index in [4.69, 9.17) is 76.3 Å². The number of furan rings is 2. The molecule has 11 aromatic rings. The van der Waals surface area contributed by atoms with Gasteiger partial charge < -0.3 is 73.3 Å². The molecule has 5 N–H and O–H groups in total. The number of carbonyl (C=O) groups excluding carboxylic acids is 2. The van der Waals surface area contributed by atoms with Gasteiger partial charge in [0.05, 0.1) is 67.2 Å². The predicted molar refractivity (Wildman–Crippen MR) is 537 cm³/mol. The Morgan fingerprint density at radius 2 is 0.928 bits per heavy atom. The van der Waals surface area contributed by atoms with Crippen LogP contribution in [0.25, 0.3) is 56.0 Å². The fourth-order valence-corrected chi connectivity index (χ4v) is 15.4. The standard InChI is InChI=1S/C28H25FN4O3.C18H24BFN2O3.C16H13ClN2O2.C13H14FNO.C12H12BrFN2O.C7H3F2N.C5H11NO.BHNS.BH3P.ClH/c1-33(2)28(34)18-5-3-17(4-6-18)25-15-24-27(36-25)22(7-10-31-24)19-13-20(16-30)26(23(29)14-19)32-21-8-11-35-12-9-21;1-17(2)18(3,4)25-19(24-17)13-9-12(11-21)16(15(20)10-13)22-14-5-7-23-8-6-14;1-19(2)16(20)11-5-3-10(4-6-11)14-9-13-15(21-14)12(17)7-8-18-13;14-13-3-1-2-11(9-15)12(13)8-10-4-6-16-7-5-10;13-9-5-8(7-15)12(11(14)6-9)16-10-1-3-17-4-2-10;8-6-3-1-2-5(4-10)7(6)9;6-5-1-3-7-4-2-5;1-2-3;1-2;/h3-7,10,13-15,21,32H,8-9,11-12H2,1-2H3;9-10,14,22H,5-8H2,1-4H3;3-9H,1-2H3;1-3,10H,4-8H2;5-6,10,16H,1-4H2;1-3H;5H,1-4,6H2;3H;1H,2H2;1H/i;;;;;;;;1D;. The Kier molecular flexibility index (Phi) is 44.5. The summed E-state index contributed by atoms with van der Waals surface area (Å²) in [4.78, 5) is 35.7. The van der Waals surface area contributed by atoms with Crippen molar-refractivity contribution in [3.8, 4) is 64.1 Å². The van der Waals surface area contributed by atoms with Gasteiger partial charge in [-0.25, -0.2) is 26.3 Å². The average molecular weight is 2030 g/mol. The van der Waals surface area contributed by atoms with Crippen molar-refractivity contribution < 1.29 is 77.8 Å². The molecule has 6 fully saturated rings. The molecule has 6 saturated heterocycles. The van der Waals surface area contributed by atoms with Crippen molar-refractivity contribution >= 4 is 141 Å². The molecule has 2 amide bonds. The molecular formula is C99H107B3BrCl2F6N14O11PS. The monoisotopic (exact) mass is 2030 g/mol. The average Bonchev–Trinajstić information content (AvgIpc) is 1.61. The van der Waals surface area contributed by atoms with Gasteiger partial charge in [0.2, 0.25) is 0 Å². The number of pyridine rings is 2. The zero-order chi connectivity index (χ0) is 100. The Morgan fingerprint density at radius 3 is 1.35 bits per heavy atom. The number of fused-ring (bicyclic) bond motifs is 2. The number of hydrogen-bond acceptors (Lipinski definition) is 24. The number of thiol groups is 1. The molecule has 0 saturated carbocycles. The van der Waals surface area contributed by atoms with E-state index < -0.39 is 47.4 Å². The quantitative estimate of drug-likeness (QED) is 0.0292. The first-order valence-electron chi connectivity index (χ1n) is 44.5. The van der Waals surface area contributed by atoms with Gasteiger partial charge >= 0.3 is 31.9 Å². The van der Waals surface area contributed by atoms with E-state index in [2.05, 4.69) is 93.9 Å². The maximum absolute atomic E-state index is 15.2. The Morgan fingerprint density at radius 1 is 0.543 bits per heavy atom. The molecular weight excluding hydrogens is 1920 g/mol. The maximum atomic E-state index is 15.2. The summed E-state index contributed by atoms with van der Waals surface area (Å²) in [6, 6.07) is 49.3. The van der Waals surface area contributed by atoms with Crippen molar-refractivity contribution in [2.24, 2.45) is 16.0 Å². The van der Waals surface area contributed by atoms with Crippen molar-refractivity contribution in [3.05, 3.63) is 247 Å². The summed E-state index contributed by atoms with van der Waals surface area (Å²) in [5.41, 5.74) is 13.8. The molecule has 1 unspecified atom stereocenters. The van der Waals surface area contributed by atoms with Crippen LogP contribution in [-0.2, 0) is 39.4 Å². The third-order valence-corrected chi connectivity index (χ3v) is 23.8. The van der Waals surface area contributed by atoms with Crippen LogP contribution in [0.3, 0.4) is 0 Å². The Hall–Kier alpha value is -11.2. The first kappa shape index (κ1) is 110. The third-order valence-electron chi connectivity index (χ3n) is 23.0. The van der Waals surface area contributed by atoms with Crippen LogP contribution in [-0.4, -0.2) is 185 Å². The van der Waals surface area contributed by atoms with Crippen LogP contribution < -0.4 is 27.1 Å². The van der Waals surface area contributed by atoms with Gasteiger partial charge in [-0.3, -0.25) is 19.6 Å². The van der Waals surface area contributed by atoms with Crippen LogP contribution in [0, 0.1) is 97.5 Å². The molecule has 0 spiro atoms. The van der Waals surface area contributed by atoms with E-state index >= 15 is 4.39 Å². The Bertz CT molecular complexity index is 6140. The summed E-state index contributed by atoms with van der Waals surface area (Å²) >= 11 is 12.4. The second-order valence-corrected chi connectivity index (χ2v) is 35.0. The number of rotatable bonds is 14. The fourth-order valence-electron chi connectivity index (χ4n) is 14.8. The summed E-state index contributed by atoms with van der Waals surface area (Å²) in [6.45, 7) is 14.9. The number of carbonyl (C=O) groups is 2. The topological polar surface area (TPSA) is 351 Å². The number of nitrogens with one attached hydrogen (secondary N) is 3. The van der Waals surface area contributed by atoms with Crippen LogP contribution in [0.15, 0.2) is 176 Å². The van der Waals surface area contributed by atoms with E-state index in [9.17, 15) is 42.1 Å². The number of amides is 2. The number of nitrogens with zero attached hydrogens (tertiary/aromatic N) is 10. The molecule has 6 aliphatic heterocycles. The summed E-state index contributed by atoms with van der Waals surface area (Å²) in [6.07, 6.45) is 12.7. The molecule has 4 aromatic heterocycles. The van der Waals surface area contributed by atoms with Crippen molar-refractivity contribution in [3.63, 3.8) is 0 Å². The van der Waals surface area contributed by atoms with Crippen LogP contribution in [0.1, 0.15) is 146 Å². The number of nitriles is 5. The van der Waals surface area contributed by atoms with Crippen molar-refractivity contribution in [1.82, 2.24) is 19.8 Å². The summed E-state index contributed by atoms with van der Waals surface area (Å²) < 4.78 is 141. The van der Waals surface area contributed by atoms with Crippen molar-refractivity contribution in [1.29, 1.82) is 27.6 Å². The van der Waals surface area contributed by atoms with Crippen molar-refractivity contribution in [2.75, 3.05) is 110 Å². The van der Waals surface area contributed by atoms with E-state index in [-0.39, 0.29) is 76.2 Å². The molecule has 0 aliphatic carbocycles. The zero-order valence-corrected chi connectivity index (χ0v) is 82.7. The van der Waals surface area contributed by atoms with Crippen LogP contribution in [0.5, 0.6) is 0 Å². The summed E-state index contributed by atoms with van der Waals surface area (Å²) in [5, 5.41) is 55.3. The second kappa shape index (κ2) is 55.6. The number of anilines is 3. The molecule has 722 valence electrons. The minimum atomic E-state index is -1.08. The van der Waals surface area contributed by atoms with Gasteiger partial charge in [-0.2, -0.15) is 35.4 Å². The number of aromatic nitrogens is 2. The third kappa shape index (κ3) is 31.7. The van der Waals surface area contributed by atoms with Gasteiger partial charge in [0.25, 0.3) is 11.8 Å². The van der Waals surface area contributed by atoms with Gasteiger partial charge in [-0.15, -0.1) is 12.4 Å². The molecule has 138 heavy (non-hydrogen) atoms. The first-order valence-corrected chi connectivity index (χ1v) is 46.2. The second-order valence-electron chi connectivity index (χ2n) is 33.4. The molecule has 0 bridgehead atoms. The first-order chi connectivity index (χ1) is 66.2. The molecule has 10 heterocycles. The molecule has 7 aromatic carbocycles. The van der Waals surface area contributed by atoms with E-state index in [0.717, 1.165) is 108 Å². The van der Waals surface area contributed by atoms with Crippen molar-refractivity contribution in [2.45, 2.75) is 134 Å². The van der Waals surface area contributed by atoms with E-state index in [1.165, 1.54) is 54.9 Å². The minimum absolute atomic E-state index is 0. The van der Waals surface area contributed by atoms with E-state index in [1.54, 1.807) is 112 Å². The van der Waals surface area contributed by atoms with Gasteiger partial charge in [0.1, 0.15) is 77.6 Å². The van der Waals surface area contributed by atoms with Gasteiger partial charge in [0.15, 0.2) is 22.8 Å². The summed E-state index contributed by atoms with van der Waals surface area (Å²) in [5.74, 6) is -2.10. The molecule has 1 atom stereocenters. The molecule has 17 rings (SSSR count). The summed E-state index contributed by atoms with van der Waals surface area (Å²) in [7, 11) is 13.8. The number of ether oxygens (including phenoxy) is 5. The number of halogens is 9. The normalized spacial score (nSPS) is 15.5. The molecule has 25 nitrogen and oxygen atoms in total. The van der Waals surface area contributed by atoms with Crippen LogP contribution >= 0.6 is 61.9 Å². The predicted octanol–water partition coefficient (Wildman–Crippen LogP) is 19.9. The Labute approximate surface area is 831 Å². The van der Waals surface area contributed by atoms with Crippen LogP contribution in [0.2, 0.25) is 5.02 Å². The van der Waals surface area contributed by atoms with Crippen LogP contribution in [0.4, 0.5) is 43.4 Å². The SMILES string of the molecule is CC1(C)OB(c2cc(F)c(NC3CCOCC3)c(C#N)c2)OC1(C)C.CN(C)C(=O)c1ccc(-c2cc3nccc(-c4cc(F)c(NC5CCOCC5)c(C#N)c4)c3o2)cc1.CN(C)C(=O)c1ccc(-c2cc3nccc(Cl)c3o2)cc1.Cl.N#Cc1cc(Br)cc(F)c1NC1CCOCC1.N#Cc1cccc(F)c1CC1CCOCC1.N#Cc1cccc(F)c1F.NC1CCOCC1.[2H][B]P.[B]=NS. The Balaban J connectivity index is 0.000000205. The zero-order valence-electron chi connectivity index (χ0n) is 78.5. The number of nitrogens with two attached hydrogens (primary N) is 1. The van der Waals surface area contributed by atoms with Gasteiger partial charge in [0, 0.05) is 181 Å².